The van der Waals surface area contributed by atoms with E-state index in [4.69, 9.17) is 10.8 Å². The van der Waals surface area contributed by atoms with Crippen LogP contribution in [0.25, 0.3) is 22.4 Å². The molecule has 114 valence electrons. The van der Waals surface area contributed by atoms with E-state index in [1.54, 1.807) is 30.5 Å². The summed E-state index contributed by atoms with van der Waals surface area (Å²) in [4.78, 5) is 26.2. The molecule has 1 amide bonds. The molecule has 0 atom stereocenters. The van der Waals surface area contributed by atoms with Crippen molar-refractivity contribution in [2.24, 2.45) is 5.73 Å². The largest absolute Gasteiger partial charge is 0.478 e. The van der Waals surface area contributed by atoms with Crippen molar-refractivity contribution in [2.75, 3.05) is 0 Å². The summed E-state index contributed by atoms with van der Waals surface area (Å²) in [7, 11) is 0. The van der Waals surface area contributed by atoms with Gasteiger partial charge in [0.15, 0.2) is 5.69 Å². The Morgan fingerprint density at radius 3 is 2.35 bits per heavy atom. The number of pyridine rings is 1. The number of nitrogens with two attached hydrogens (primary N) is 1. The van der Waals surface area contributed by atoms with Gasteiger partial charge in [0.1, 0.15) is 5.69 Å². The minimum Gasteiger partial charge on any atom is -0.478 e. The van der Waals surface area contributed by atoms with Crippen LogP contribution in [0.3, 0.4) is 0 Å². The average molecular weight is 309 g/mol. The van der Waals surface area contributed by atoms with E-state index in [-0.39, 0.29) is 11.3 Å². The molecule has 2 heterocycles. The van der Waals surface area contributed by atoms with Crippen LogP contribution in [0.5, 0.6) is 0 Å². The van der Waals surface area contributed by atoms with Gasteiger partial charge in [0.05, 0.1) is 5.56 Å². The van der Waals surface area contributed by atoms with Gasteiger partial charge in [-0.3, -0.25) is 9.78 Å². The van der Waals surface area contributed by atoms with E-state index in [2.05, 4.69) is 20.4 Å². The second-order valence-corrected chi connectivity index (χ2v) is 4.73. The van der Waals surface area contributed by atoms with Gasteiger partial charge in [0.2, 0.25) is 0 Å². The summed E-state index contributed by atoms with van der Waals surface area (Å²) < 4.78 is 0. The third kappa shape index (κ3) is 2.77. The van der Waals surface area contributed by atoms with E-state index in [1.807, 2.05) is 0 Å². The van der Waals surface area contributed by atoms with E-state index >= 15 is 0 Å². The van der Waals surface area contributed by atoms with Crippen molar-refractivity contribution < 1.29 is 14.7 Å². The van der Waals surface area contributed by atoms with Crippen LogP contribution < -0.4 is 5.73 Å². The molecule has 0 aliphatic rings. The Labute approximate surface area is 130 Å². The number of carboxylic acids is 1. The summed E-state index contributed by atoms with van der Waals surface area (Å²) in [6.07, 6.45) is 2.86. The first-order valence-electron chi connectivity index (χ1n) is 6.56. The van der Waals surface area contributed by atoms with Gasteiger partial charge in [-0.1, -0.05) is 24.3 Å². The number of aromatic nitrogens is 4. The fourth-order valence-corrected chi connectivity index (χ4v) is 2.14. The van der Waals surface area contributed by atoms with Crippen molar-refractivity contribution in [3.05, 3.63) is 54.0 Å². The number of carboxylic acid groups (broad SMARTS) is 1. The normalized spacial score (nSPS) is 10.4. The number of nitrogens with one attached hydrogen (secondary N) is 1. The quantitative estimate of drug-likeness (QED) is 0.665. The van der Waals surface area contributed by atoms with Gasteiger partial charge < -0.3 is 10.8 Å². The Bertz CT molecular complexity index is 886. The zero-order valence-corrected chi connectivity index (χ0v) is 11.7. The van der Waals surface area contributed by atoms with Crippen LogP contribution in [0.15, 0.2) is 42.7 Å². The zero-order chi connectivity index (χ0) is 16.4. The standard InChI is InChI=1S/C15H11N5O3/c16-14(21)13-12(18-20-19-13)9-3-1-8(2-4-9)10-5-11(15(22)23)7-17-6-10/h1-7H,(H2,16,21)(H,22,23)(H,18,19,20). The van der Waals surface area contributed by atoms with Crippen LogP contribution >= 0.6 is 0 Å². The molecule has 0 unspecified atom stereocenters. The smallest absolute Gasteiger partial charge is 0.337 e. The monoisotopic (exact) mass is 309 g/mol. The number of nitrogens with zero attached hydrogens (tertiary/aromatic N) is 3. The van der Waals surface area contributed by atoms with Crippen LogP contribution in [0.1, 0.15) is 20.8 Å². The molecule has 0 fully saturated rings. The second kappa shape index (κ2) is 5.68. The maximum absolute atomic E-state index is 11.3. The van der Waals surface area contributed by atoms with E-state index < -0.39 is 11.9 Å². The van der Waals surface area contributed by atoms with Crippen LogP contribution in [0.4, 0.5) is 0 Å². The third-order valence-corrected chi connectivity index (χ3v) is 3.26. The first kappa shape index (κ1) is 14.4. The molecule has 1 aromatic carbocycles. The number of benzene rings is 1. The van der Waals surface area contributed by atoms with Crippen molar-refractivity contribution in [1.82, 2.24) is 20.4 Å². The Morgan fingerprint density at radius 2 is 1.70 bits per heavy atom. The number of aromatic amines is 1. The fraction of sp³-hybridized carbons (Fsp3) is 0. The minimum atomic E-state index is -1.04. The predicted molar refractivity (Wildman–Crippen MR) is 80.5 cm³/mol. The third-order valence-electron chi connectivity index (χ3n) is 3.26. The van der Waals surface area contributed by atoms with Gasteiger partial charge in [-0.15, -0.1) is 0 Å². The molecule has 0 saturated heterocycles. The molecule has 0 saturated carbocycles. The summed E-state index contributed by atoms with van der Waals surface area (Å²) in [5.41, 5.74) is 7.90. The molecule has 0 radical (unpaired) electrons. The number of carbonyl (C=O) groups excluding carboxylic acids is 1. The number of H-pyrrole nitrogens is 1. The fourth-order valence-electron chi connectivity index (χ4n) is 2.14. The maximum Gasteiger partial charge on any atom is 0.337 e. The van der Waals surface area contributed by atoms with Crippen molar-refractivity contribution in [3.8, 4) is 22.4 Å². The van der Waals surface area contributed by atoms with Gasteiger partial charge in [0, 0.05) is 23.5 Å². The number of rotatable bonds is 4. The topological polar surface area (TPSA) is 135 Å². The molecular weight excluding hydrogens is 298 g/mol. The lowest BCUT2D eigenvalue weighted by molar-refractivity contribution is 0.0696. The van der Waals surface area contributed by atoms with Crippen molar-refractivity contribution >= 4 is 11.9 Å². The molecule has 23 heavy (non-hydrogen) atoms. The highest BCUT2D eigenvalue weighted by Crippen LogP contribution is 2.25. The zero-order valence-electron chi connectivity index (χ0n) is 11.7. The highest BCUT2D eigenvalue weighted by Gasteiger charge is 2.15. The average Bonchev–Trinajstić information content (AvgIpc) is 3.05. The first-order valence-corrected chi connectivity index (χ1v) is 6.56. The number of hydrogen-bond acceptors (Lipinski definition) is 5. The molecule has 8 nitrogen and oxygen atoms in total. The van der Waals surface area contributed by atoms with Gasteiger partial charge in [0.25, 0.3) is 5.91 Å². The highest BCUT2D eigenvalue weighted by molar-refractivity contribution is 5.96. The number of aromatic carboxylic acids is 1. The molecule has 0 spiro atoms. The minimum absolute atomic E-state index is 0.0623. The van der Waals surface area contributed by atoms with Crippen molar-refractivity contribution in [2.45, 2.75) is 0 Å². The summed E-state index contributed by atoms with van der Waals surface area (Å²) in [6, 6.07) is 8.57. The van der Waals surface area contributed by atoms with Crippen LogP contribution in [0.2, 0.25) is 0 Å². The van der Waals surface area contributed by atoms with E-state index in [0.717, 1.165) is 5.56 Å². The van der Waals surface area contributed by atoms with Crippen molar-refractivity contribution in [3.63, 3.8) is 0 Å². The molecular formula is C15H11N5O3. The Morgan fingerprint density at radius 1 is 1.00 bits per heavy atom. The molecule has 0 aliphatic heterocycles. The van der Waals surface area contributed by atoms with Crippen LogP contribution in [-0.4, -0.2) is 37.4 Å². The van der Waals surface area contributed by atoms with Gasteiger partial charge in [-0.2, -0.15) is 15.4 Å². The van der Waals surface area contributed by atoms with Gasteiger partial charge in [-0.25, -0.2) is 4.79 Å². The van der Waals surface area contributed by atoms with Gasteiger partial charge in [-0.05, 0) is 11.6 Å². The van der Waals surface area contributed by atoms with E-state index in [9.17, 15) is 9.59 Å². The molecule has 2 aromatic heterocycles. The first-order chi connectivity index (χ1) is 11.1. The Kier molecular flexibility index (Phi) is 3.55. The second-order valence-electron chi connectivity index (χ2n) is 4.73. The lowest BCUT2D eigenvalue weighted by Crippen LogP contribution is -2.12. The highest BCUT2D eigenvalue weighted by atomic mass is 16.4. The number of carbonyl (C=O) groups is 2. The predicted octanol–water partition coefficient (Wildman–Crippen LogP) is 1.33. The molecule has 3 rings (SSSR count). The summed E-state index contributed by atoms with van der Waals surface area (Å²) in [6.45, 7) is 0. The molecule has 0 bridgehead atoms. The summed E-state index contributed by atoms with van der Waals surface area (Å²) in [5, 5.41) is 19.0. The van der Waals surface area contributed by atoms with Crippen molar-refractivity contribution in [1.29, 1.82) is 0 Å². The lowest BCUT2D eigenvalue weighted by Gasteiger charge is -2.04. The van der Waals surface area contributed by atoms with Crippen LogP contribution in [-0.2, 0) is 0 Å². The van der Waals surface area contributed by atoms with E-state index in [1.165, 1.54) is 12.3 Å². The molecule has 3 aromatic rings. The number of amides is 1. The number of primary amides is 1. The molecule has 0 aliphatic carbocycles. The Hall–Kier alpha value is -3.55. The molecule has 4 N–H and O–H groups in total. The maximum atomic E-state index is 11.3. The summed E-state index contributed by atoms with van der Waals surface area (Å²) >= 11 is 0. The summed E-state index contributed by atoms with van der Waals surface area (Å²) in [5.74, 6) is -1.71. The van der Waals surface area contributed by atoms with Crippen LogP contribution in [0, 0.1) is 0 Å². The Balaban J connectivity index is 1.96. The van der Waals surface area contributed by atoms with Gasteiger partial charge >= 0.3 is 5.97 Å². The lowest BCUT2D eigenvalue weighted by atomic mass is 10.0. The number of hydrogen-bond donors (Lipinski definition) is 3. The van der Waals surface area contributed by atoms with E-state index in [0.29, 0.717) is 16.8 Å². The SMILES string of the molecule is NC(=O)c1n[nH]nc1-c1ccc(-c2cncc(C(=O)O)c2)cc1. The molecule has 8 heteroatoms.